The predicted octanol–water partition coefficient (Wildman–Crippen LogP) is 3.50. The first kappa shape index (κ1) is 12.6. The van der Waals surface area contributed by atoms with E-state index in [0.717, 1.165) is 0 Å². The Morgan fingerprint density at radius 1 is 1.33 bits per heavy atom. The molecule has 1 aliphatic rings. The van der Waals surface area contributed by atoms with Gasteiger partial charge in [-0.1, -0.05) is 37.3 Å². The molecule has 0 saturated heterocycles. The van der Waals surface area contributed by atoms with E-state index in [1.807, 2.05) is 38.2 Å². The molecular weight excluding hydrogens is 231 g/mol. The quantitative estimate of drug-likeness (QED) is 0.746. The van der Waals surface area contributed by atoms with E-state index in [4.69, 9.17) is 4.74 Å². The molecule has 2 atom stereocenters. The Morgan fingerprint density at radius 3 is 2.72 bits per heavy atom. The average Bonchev–Trinajstić information content (AvgIpc) is 2.33. The maximum absolute atomic E-state index is 13.5. The lowest BCUT2D eigenvalue weighted by Gasteiger charge is -2.32. The van der Waals surface area contributed by atoms with Crippen LogP contribution >= 0.6 is 0 Å². The highest BCUT2D eigenvalue weighted by Gasteiger charge is 2.33. The average molecular weight is 246 g/mol. The summed E-state index contributed by atoms with van der Waals surface area (Å²) < 4.78 is 18.9. The van der Waals surface area contributed by atoms with Gasteiger partial charge in [-0.25, -0.2) is 9.18 Å². The zero-order valence-corrected chi connectivity index (χ0v) is 10.4. The summed E-state index contributed by atoms with van der Waals surface area (Å²) in [6, 6.07) is 5.83. The lowest BCUT2D eigenvalue weighted by Crippen LogP contribution is -2.36. The van der Waals surface area contributed by atoms with E-state index in [1.165, 1.54) is 12.1 Å². The number of allylic oxidation sites excluding steroid dienone is 2. The van der Waals surface area contributed by atoms with Gasteiger partial charge in [-0.05, 0) is 25.1 Å². The van der Waals surface area contributed by atoms with Gasteiger partial charge in [0, 0.05) is 5.92 Å². The smallest absolute Gasteiger partial charge is 0.342 e. The van der Waals surface area contributed by atoms with E-state index in [0.29, 0.717) is 0 Å². The first-order valence-electron chi connectivity index (χ1n) is 5.87. The summed E-state index contributed by atoms with van der Waals surface area (Å²) in [7, 11) is 0. The maximum Gasteiger partial charge on any atom is 0.342 e. The van der Waals surface area contributed by atoms with E-state index in [2.05, 4.69) is 0 Å². The van der Waals surface area contributed by atoms with Crippen molar-refractivity contribution >= 4 is 5.97 Å². The molecule has 0 radical (unpaired) electrons. The second-order valence-electron chi connectivity index (χ2n) is 4.59. The van der Waals surface area contributed by atoms with Crippen LogP contribution in [0.15, 0.2) is 48.6 Å². The molecule has 0 amide bonds. The zero-order chi connectivity index (χ0) is 13.2. The van der Waals surface area contributed by atoms with Gasteiger partial charge in [0.05, 0.1) is 5.56 Å². The number of benzene rings is 1. The SMILES string of the molecule is CC1C=CC=CC1(C)OC(=O)c1ccccc1F. The van der Waals surface area contributed by atoms with Crippen molar-refractivity contribution in [3.8, 4) is 0 Å². The molecule has 2 unspecified atom stereocenters. The summed E-state index contributed by atoms with van der Waals surface area (Å²) in [6.07, 6.45) is 7.50. The Labute approximate surface area is 106 Å². The molecule has 0 saturated carbocycles. The van der Waals surface area contributed by atoms with Crippen molar-refractivity contribution in [3.05, 3.63) is 60.0 Å². The molecule has 0 N–H and O–H groups in total. The van der Waals surface area contributed by atoms with Crippen LogP contribution in [0.4, 0.5) is 4.39 Å². The number of halogens is 1. The number of rotatable bonds is 2. The summed E-state index contributed by atoms with van der Waals surface area (Å²) >= 11 is 0. The standard InChI is InChI=1S/C15H15FO2/c1-11-7-5-6-10-15(11,2)18-14(17)12-8-3-4-9-13(12)16/h3-11H,1-2H3. The molecule has 3 heteroatoms. The highest BCUT2D eigenvalue weighted by Crippen LogP contribution is 2.29. The number of esters is 1. The van der Waals surface area contributed by atoms with Crippen molar-refractivity contribution in [2.75, 3.05) is 0 Å². The Morgan fingerprint density at radius 2 is 2.06 bits per heavy atom. The monoisotopic (exact) mass is 246 g/mol. The molecule has 1 aromatic rings. The van der Waals surface area contributed by atoms with Crippen molar-refractivity contribution in [1.29, 1.82) is 0 Å². The number of carbonyl (C=O) groups excluding carboxylic acids is 1. The van der Waals surface area contributed by atoms with Gasteiger partial charge in [0.1, 0.15) is 11.4 Å². The molecule has 1 aliphatic carbocycles. The van der Waals surface area contributed by atoms with E-state index in [9.17, 15) is 9.18 Å². The van der Waals surface area contributed by atoms with Gasteiger partial charge in [0.25, 0.3) is 0 Å². The van der Waals surface area contributed by atoms with Gasteiger partial charge < -0.3 is 4.74 Å². The number of ether oxygens (including phenoxy) is 1. The Balaban J connectivity index is 2.20. The zero-order valence-electron chi connectivity index (χ0n) is 10.4. The van der Waals surface area contributed by atoms with Crippen LogP contribution in [0.1, 0.15) is 24.2 Å². The molecule has 0 aromatic heterocycles. The molecule has 94 valence electrons. The van der Waals surface area contributed by atoms with Crippen LogP contribution in [-0.2, 0) is 4.74 Å². The molecule has 0 bridgehead atoms. The first-order valence-corrected chi connectivity index (χ1v) is 5.87. The number of hydrogen-bond donors (Lipinski definition) is 0. The fraction of sp³-hybridized carbons (Fsp3) is 0.267. The van der Waals surface area contributed by atoms with Crippen molar-refractivity contribution < 1.29 is 13.9 Å². The maximum atomic E-state index is 13.5. The van der Waals surface area contributed by atoms with E-state index in [-0.39, 0.29) is 11.5 Å². The van der Waals surface area contributed by atoms with Gasteiger partial charge in [-0.15, -0.1) is 0 Å². The second kappa shape index (κ2) is 4.77. The van der Waals surface area contributed by atoms with Crippen LogP contribution < -0.4 is 0 Å². The summed E-state index contributed by atoms with van der Waals surface area (Å²) in [6.45, 7) is 3.77. The Hall–Kier alpha value is -1.90. The predicted molar refractivity (Wildman–Crippen MR) is 67.7 cm³/mol. The summed E-state index contributed by atoms with van der Waals surface area (Å²) in [4.78, 5) is 12.0. The Kier molecular flexibility index (Phi) is 3.32. The van der Waals surface area contributed by atoms with Gasteiger partial charge >= 0.3 is 5.97 Å². The minimum atomic E-state index is -0.728. The summed E-state index contributed by atoms with van der Waals surface area (Å²) in [5.74, 6) is -1.14. The van der Waals surface area contributed by atoms with Gasteiger partial charge in [-0.3, -0.25) is 0 Å². The van der Waals surface area contributed by atoms with Crippen molar-refractivity contribution in [2.45, 2.75) is 19.4 Å². The van der Waals surface area contributed by atoms with Crippen molar-refractivity contribution in [2.24, 2.45) is 5.92 Å². The highest BCUT2D eigenvalue weighted by atomic mass is 19.1. The molecule has 0 spiro atoms. The lowest BCUT2D eigenvalue weighted by atomic mass is 9.87. The van der Waals surface area contributed by atoms with Gasteiger partial charge in [0.15, 0.2) is 0 Å². The first-order chi connectivity index (χ1) is 8.53. The molecule has 1 aromatic carbocycles. The third kappa shape index (κ3) is 2.35. The van der Waals surface area contributed by atoms with Crippen molar-refractivity contribution in [3.63, 3.8) is 0 Å². The largest absolute Gasteiger partial charge is 0.451 e. The van der Waals surface area contributed by atoms with Crippen LogP contribution in [0, 0.1) is 11.7 Å². The third-order valence-corrected chi connectivity index (χ3v) is 3.25. The van der Waals surface area contributed by atoms with E-state index in [1.54, 1.807) is 12.1 Å². The van der Waals surface area contributed by atoms with Gasteiger partial charge in [-0.2, -0.15) is 0 Å². The van der Waals surface area contributed by atoms with Crippen LogP contribution in [0.3, 0.4) is 0 Å². The van der Waals surface area contributed by atoms with Crippen LogP contribution in [0.2, 0.25) is 0 Å². The minimum absolute atomic E-state index is 0.0334. The summed E-state index contributed by atoms with van der Waals surface area (Å²) in [5.41, 5.74) is -0.762. The highest BCUT2D eigenvalue weighted by molar-refractivity contribution is 5.90. The van der Waals surface area contributed by atoms with Crippen molar-refractivity contribution in [1.82, 2.24) is 0 Å². The fourth-order valence-corrected chi connectivity index (χ4v) is 1.83. The van der Waals surface area contributed by atoms with E-state index < -0.39 is 17.4 Å². The fourth-order valence-electron chi connectivity index (χ4n) is 1.83. The van der Waals surface area contributed by atoms with Crippen LogP contribution in [0.5, 0.6) is 0 Å². The van der Waals surface area contributed by atoms with Gasteiger partial charge in [0.2, 0.25) is 0 Å². The Bertz CT molecular complexity index is 519. The second-order valence-corrected chi connectivity index (χ2v) is 4.59. The minimum Gasteiger partial charge on any atom is -0.451 e. The number of carbonyl (C=O) groups is 1. The van der Waals surface area contributed by atoms with E-state index >= 15 is 0 Å². The number of hydrogen-bond acceptors (Lipinski definition) is 2. The molecule has 2 nitrogen and oxygen atoms in total. The van der Waals surface area contributed by atoms with Crippen LogP contribution in [-0.4, -0.2) is 11.6 Å². The molecule has 2 rings (SSSR count). The molecule has 18 heavy (non-hydrogen) atoms. The third-order valence-electron chi connectivity index (χ3n) is 3.25. The molecule has 0 aliphatic heterocycles. The normalized spacial score (nSPS) is 26.1. The lowest BCUT2D eigenvalue weighted by molar-refractivity contribution is -0.00345. The topological polar surface area (TPSA) is 26.3 Å². The summed E-state index contributed by atoms with van der Waals surface area (Å²) in [5, 5.41) is 0. The van der Waals surface area contributed by atoms with Crippen LogP contribution in [0.25, 0.3) is 0 Å². The molecule has 0 heterocycles. The molecular formula is C15H15FO2. The molecule has 0 fully saturated rings.